The van der Waals surface area contributed by atoms with Gasteiger partial charge < -0.3 is 0 Å². The molecule has 0 spiro atoms. The quantitative estimate of drug-likeness (QED) is 0.668. The van der Waals surface area contributed by atoms with Crippen LogP contribution in [0.15, 0.2) is 40.9 Å². The molecule has 0 aromatic heterocycles. The van der Waals surface area contributed by atoms with Gasteiger partial charge in [0.25, 0.3) is 0 Å². The minimum atomic E-state index is -0.969. The summed E-state index contributed by atoms with van der Waals surface area (Å²) in [6.07, 6.45) is 0. The topological polar surface area (TPSA) is 38.0 Å². The maximum atomic E-state index is 13.9. The summed E-state index contributed by atoms with van der Waals surface area (Å²) in [6.45, 7) is 0. The normalized spacial score (nSPS) is 12.5. The first-order valence-electron chi connectivity index (χ1n) is 5.39. The lowest BCUT2D eigenvalue weighted by Crippen LogP contribution is -2.30. The van der Waals surface area contributed by atoms with Crippen molar-refractivity contribution in [3.8, 4) is 0 Å². The van der Waals surface area contributed by atoms with Crippen LogP contribution in [-0.4, -0.2) is 0 Å². The molecule has 3 N–H and O–H groups in total. The summed E-state index contributed by atoms with van der Waals surface area (Å²) in [5, 5.41) is 0. The molecular weight excluding hydrogens is 321 g/mol. The highest BCUT2D eigenvalue weighted by Crippen LogP contribution is 2.28. The average molecular weight is 331 g/mol. The molecule has 0 aliphatic rings. The van der Waals surface area contributed by atoms with Crippen molar-refractivity contribution in [1.82, 2.24) is 5.43 Å². The van der Waals surface area contributed by atoms with Crippen LogP contribution in [0.4, 0.5) is 13.2 Å². The van der Waals surface area contributed by atoms with Gasteiger partial charge in [0, 0.05) is 15.6 Å². The van der Waals surface area contributed by atoms with E-state index in [-0.39, 0.29) is 11.1 Å². The first kappa shape index (κ1) is 14.0. The highest BCUT2D eigenvalue weighted by molar-refractivity contribution is 9.10. The molecule has 6 heteroatoms. The fourth-order valence-electron chi connectivity index (χ4n) is 1.82. The lowest BCUT2D eigenvalue weighted by Gasteiger charge is -2.18. The van der Waals surface area contributed by atoms with Gasteiger partial charge in [0.05, 0.1) is 6.04 Å². The summed E-state index contributed by atoms with van der Waals surface area (Å²) in [4.78, 5) is 0. The molecule has 19 heavy (non-hydrogen) atoms. The predicted molar refractivity (Wildman–Crippen MR) is 69.6 cm³/mol. The van der Waals surface area contributed by atoms with E-state index in [0.717, 1.165) is 18.2 Å². The van der Waals surface area contributed by atoms with E-state index < -0.39 is 23.5 Å². The van der Waals surface area contributed by atoms with Gasteiger partial charge in [-0.2, -0.15) is 0 Å². The van der Waals surface area contributed by atoms with E-state index in [2.05, 4.69) is 21.4 Å². The molecule has 2 nitrogen and oxygen atoms in total. The Bertz CT molecular complexity index is 604. The Kier molecular flexibility index (Phi) is 4.24. The first-order valence-corrected chi connectivity index (χ1v) is 6.18. The second-order valence-electron chi connectivity index (χ2n) is 3.93. The fraction of sp³-hybridized carbons (Fsp3) is 0.0769. The number of halogens is 4. The van der Waals surface area contributed by atoms with Gasteiger partial charge in [-0.3, -0.25) is 5.84 Å². The van der Waals surface area contributed by atoms with Gasteiger partial charge in [-0.25, -0.2) is 18.6 Å². The van der Waals surface area contributed by atoms with Gasteiger partial charge >= 0.3 is 0 Å². The van der Waals surface area contributed by atoms with Crippen molar-refractivity contribution in [1.29, 1.82) is 0 Å². The molecule has 0 saturated carbocycles. The van der Waals surface area contributed by atoms with Crippen LogP contribution < -0.4 is 11.3 Å². The lowest BCUT2D eigenvalue weighted by molar-refractivity contribution is 0.523. The summed E-state index contributed by atoms with van der Waals surface area (Å²) < 4.78 is 41.3. The van der Waals surface area contributed by atoms with E-state index in [1.54, 1.807) is 6.07 Å². The van der Waals surface area contributed by atoms with Crippen molar-refractivity contribution in [3.05, 3.63) is 69.4 Å². The average Bonchev–Trinajstić information content (AvgIpc) is 2.36. The Morgan fingerprint density at radius 3 is 2.32 bits per heavy atom. The van der Waals surface area contributed by atoms with Crippen LogP contribution in [0.5, 0.6) is 0 Å². The van der Waals surface area contributed by atoms with E-state index in [9.17, 15) is 13.2 Å². The van der Waals surface area contributed by atoms with Crippen LogP contribution in [-0.2, 0) is 0 Å². The molecule has 2 aromatic rings. The third kappa shape index (κ3) is 2.97. The molecule has 0 aliphatic carbocycles. The van der Waals surface area contributed by atoms with Crippen molar-refractivity contribution in [2.75, 3.05) is 0 Å². The third-order valence-corrected chi connectivity index (χ3v) is 3.20. The number of hydrogen-bond acceptors (Lipinski definition) is 2. The van der Waals surface area contributed by atoms with Crippen LogP contribution >= 0.6 is 15.9 Å². The molecule has 1 unspecified atom stereocenters. The van der Waals surface area contributed by atoms with Crippen molar-refractivity contribution in [2.45, 2.75) is 6.04 Å². The Balaban J connectivity index is 2.52. The van der Waals surface area contributed by atoms with Crippen LogP contribution in [0, 0.1) is 17.5 Å². The number of nitrogens with one attached hydrogen (secondary N) is 1. The zero-order chi connectivity index (χ0) is 14.0. The summed E-state index contributed by atoms with van der Waals surface area (Å²) in [6, 6.07) is 6.27. The Hall–Kier alpha value is -1.37. The maximum absolute atomic E-state index is 13.9. The first-order chi connectivity index (χ1) is 9.02. The number of hydrogen-bond donors (Lipinski definition) is 2. The van der Waals surface area contributed by atoms with E-state index in [1.165, 1.54) is 12.1 Å². The summed E-state index contributed by atoms with van der Waals surface area (Å²) in [7, 11) is 0. The third-order valence-electron chi connectivity index (χ3n) is 2.71. The molecule has 0 radical (unpaired) electrons. The molecule has 0 aliphatic heterocycles. The lowest BCUT2D eigenvalue weighted by atomic mass is 9.98. The Labute approximate surface area is 116 Å². The fourth-order valence-corrected chi connectivity index (χ4v) is 2.15. The molecule has 0 fully saturated rings. The van der Waals surface area contributed by atoms with E-state index in [1.807, 2.05) is 0 Å². The SMILES string of the molecule is NNC(c1ccc(Br)cc1F)c1cc(F)ccc1F. The largest absolute Gasteiger partial charge is 0.271 e. The van der Waals surface area contributed by atoms with Crippen molar-refractivity contribution in [3.63, 3.8) is 0 Å². The highest BCUT2D eigenvalue weighted by Gasteiger charge is 2.20. The van der Waals surface area contributed by atoms with Crippen LogP contribution in [0.1, 0.15) is 17.2 Å². The molecule has 1 atom stereocenters. The highest BCUT2D eigenvalue weighted by atomic mass is 79.9. The molecule has 100 valence electrons. The second-order valence-corrected chi connectivity index (χ2v) is 4.85. The number of rotatable bonds is 3. The van der Waals surface area contributed by atoms with Gasteiger partial charge in [0.1, 0.15) is 17.5 Å². The zero-order valence-electron chi connectivity index (χ0n) is 9.63. The van der Waals surface area contributed by atoms with E-state index in [4.69, 9.17) is 5.84 Å². The van der Waals surface area contributed by atoms with Gasteiger partial charge in [0.15, 0.2) is 0 Å². The van der Waals surface area contributed by atoms with Gasteiger partial charge in [-0.05, 0) is 30.3 Å². The molecular formula is C13H10BrF3N2. The van der Waals surface area contributed by atoms with Crippen LogP contribution in [0.25, 0.3) is 0 Å². The molecule has 2 aromatic carbocycles. The van der Waals surface area contributed by atoms with E-state index in [0.29, 0.717) is 4.47 Å². The van der Waals surface area contributed by atoms with Crippen LogP contribution in [0.2, 0.25) is 0 Å². The maximum Gasteiger partial charge on any atom is 0.129 e. The van der Waals surface area contributed by atoms with E-state index >= 15 is 0 Å². The summed E-state index contributed by atoms with van der Waals surface area (Å²) in [5.41, 5.74) is 2.38. The zero-order valence-corrected chi connectivity index (χ0v) is 11.2. The molecule has 2 rings (SSSR count). The van der Waals surface area contributed by atoms with Gasteiger partial charge in [-0.15, -0.1) is 0 Å². The minimum Gasteiger partial charge on any atom is -0.271 e. The van der Waals surface area contributed by atoms with Crippen LogP contribution in [0.3, 0.4) is 0 Å². The minimum absolute atomic E-state index is 0.0521. The summed E-state index contributed by atoms with van der Waals surface area (Å²) >= 11 is 3.12. The van der Waals surface area contributed by atoms with Crippen molar-refractivity contribution in [2.24, 2.45) is 5.84 Å². The molecule has 0 amide bonds. The second kappa shape index (κ2) is 5.73. The monoisotopic (exact) mass is 330 g/mol. The number of nitrogens with two attached hydrogens (primary N) is 1. The Morgan fingerprint density at radius 1 is 0.947 bits per heavy atom. The smallest absolute Gasteiger partial charge is 0.129 e. The van der Waals surface area contributed by atoms with Gasteiger partial charge in [0.2, 0.25) is 0 Å². The Morgan fingerprint density at radius 2 is 1.68 bits per heavy atom. The molecule has 0 saturated heterocycles. The molecule has 0 bridgehead atoms. The number of benzene rings is 2. The van der Waals surface area contributed by atoms with Gasteiger partial charge in [-0.1, -0.05) is 22.0 Å². The summed E-state index contributed by atoms with van der Waals surface area (Å²) in [5.74, 6) is 3.50. The standard InChI is InChI=1S/C13H10BrF3N2/c14-7-1-3-9(12(17)5-7)13(19-18)10-6-8(15)2-4-11(10)16/h1-6,13,19H,18H2. The molecule has 0 heterocycles. The number of hydrazine groups is 1. The van der Waals surface area contributed by atoms with Crippen molar-refractivity contribution < 1.29 is 13.2 Å². The van der Waals surface area contributed by atoms with Crippen molar-refractivity contribution >= 4 is 15.9 Å². The predicted octanol–water partition coefficient (Wildman–Crippen LogP) is 3.42.